The number of fused-ring (bicyclic) bond motifs is 5. The van der Waals surface area contributed by atoms with Crippen molar-refractivity contribution in [3.05, 3.63) is 158 Å². The van der Waals surface area contributed by atoms with E-state index in [-0.39, 0.29) is 0 Å². The van der Waals surface area contributed by atoms with Crippen molar-refractivity contribution in [2.75, 3.05) is 4.90 Å². The van der Waals surface area contributed by atoms with E-state index in [4.69, 9.17) is 9.40 Å². The van der Waals surface area contributed by atoms with Gasteiger partial charge in [0.2, 0.25) is 0 Å². The molecule has 0 bridgehead atoms. The summed E-state index contributed by atoms with van der Waals surface area (Å²) in [5.74, 6) is 0.793. The third kappa shape index (κ3) is 4.20. The lowest BCUT2D eigenvalue weighted by Crippen LogP contribution is -2.11. The Kier molecular flexibility index (Phi) is 5.79. The van der Waals surface area contributed by atoms with Gasteiger partial charge in [-0.25, -0.2) is 4.98 Å². The molecule has 0 radical (unpaired) electrons. The van der Waals surface area contributed by atoms with E-state index in [0.717, 1.165) is 61.0 Å². The fourth-order valence-corrected chi connectivity index (χ4v) is 5.83. The van der Waals surface area contributed by atoms with Crippen LogP contribution in [0.3, 0.4) is 0 Å². The predicted octanol–water partition coefficient (Wildman–Crippen LogP) is 10.9. The number of rotatable bonds is 5. The van der Waals surface area contributed by atoms with Crippen LogP contribution in [-0.2, 0) is 0 Å². The van der Waals surface area contributed by atoms with Gasteiger partial charge in [-0.3, -0.25) is 4.90 Å². The molecule has 3 heteroatoms. The van der Waals surface area contributed by atoms with Crippen LogP contribution >= 0.6 is 0 Å². The molecule has 0 saturated carbocycles. The first kappa shape index (κ1) is 24.2. The Labute approximate surface area is 243 Å². The van der Waals surface area contributed by atoms with Crippen LogP contribution in [0.1, 0.15) is 0 Å². The first-order valence-electron chi connectivity index (χ1n) is 14.1. The van der Waals surface area contributed by atoms with Crippen molar-refractivity contribution in [3.8, 4) is 22.3 Å². The summed E-state index contributed by atoms with van der Waals surface area (Å²) in [5.41, 5.74) is 8.39. The van der Waals surface area contributed by atoms with Crippen LogP contribution in [-0.4, -0.2) is 4.98 Å². The summed E-state index contributed by atoms with van der Waals surface area (Å²) >= 11 is 0. The lowest BCUT2D eigenvalue weighted by molar-refractivity contribution is 0.672. The quantitative estimate of drug-likeness (QED) is 0.218. The van der Waals surface area contributed by atoms with Crippen molar-refractivity contribution in [1.82, 2.24) is 4.98 Å². The molecule has 0 spiro atoms. The molecule has 0 aliphatic heterocycles. The van der Waals surface area contributed by atoms with E-state index >= 15 is 0 Å². The maximum atomic E-state index is 6.55. The van der Waals surface area contributed by atoms with Gasteiger partial charge in [0.15, 0.2) is 0 Å². The van der Waals surface area contributed by atoms with Gasteiger partial charge in [-0.15, -0.1) is 0 Å². The second kappa shape index (κ2) is 10.1. The minimum absolute atomic E-state index is 0.793. The molecule has 0 atom stereocenters. The van der Waals surface area contributed by atoms with E-state index in [1.54, 1.807) is 0 Å². The topological polar surface area (TPSA) is 29.3 Å². The summed E-state index contributed by atoms with van der Waals surface area (Å²) in [5, 5.41) is 4.35. The van der Waals surface area contributed by atoms with E-state index < -0.39 is 0 Å². The third-order valence-electron chi connectivity index (χ3n) is 7.89. The first-order chi connectivity index (χ1) is 20.8. The summed E-state index contributed by atoms with van der Waals surface area (Å²) in [6.07, 6.45) is 1.94. The number of furan rings is 1. The lowest BCUT2D eigenvalue weighted by atomic mass is 10.0. The van der Waals surface area contributed by atoms with Crippen LogP contribution in [0.5, 0.6) is 0 Å². The molecule has 198 valence electrons. The van der Waals surface area contributed by atoms with Crippen molar-refractivity contribution in [2.24, 2.45) is 0 Å². The number of pyridine rings is 1. The Bertz CT molecular complexity index is 2120. The van der Waals surface area contributed by atoms with Crippen LogP contribution < -0.4 is 4.90 Å². The number of anilines is 3. The molecule has 0 N–H and O–H groups in total. The Hall–Kier alpha value is -5.67. The van der Waals surface area contributed by atoms with Crippen molar-refractivity contribution in [3.63, 3.8) is 0 Å². The van der Waals surface area contributed by atoms with Gasteiger partial charge in [0, 0.05) is 39.8 Å². The predicted molar refractivity (Wildman–Crippen MR) is 175 cm³/mol. The fraction of sp³-hybridized carbons (Fsp3) is 0. The van der Waals surface area contributed by atoms with Gasteiger partial charge in [-0.1, -0.05) is 115 Å². The molecule has 2 aromatic heterocycles. The molecule has 2 heterocycles. The fourth-order valence-electron chi connectivity index (χ4n) is 5.83. The summed E-state index contributed by atoms with van der Waals surface area (Å²) in [7, 11) is 0. The highest BCUT2D eigenvalue weighted by molar-refractivity contribution is 6.15. The molecule has 3 nitrogen and oxygen atoms in total. The van der Waals surface area contributed by atoms with Gasteiger partial charge in [0.25, 0.3) is 0 Å². The van der Waals surface area contributed by atoms with Gasteiger partial charge in [0.1, 0.15) is 17.0 Å². The summed E-state index contributed by atoms with van der Waals surface area (Å²) in [6.45, 7) is 0. The van der Waals surface area contributed by atoms with E-state index in [1.165, 1.54) is 11.1 Å². The molecule has 8 rings (SSSR count). The van der Waals surface area contributed by atoms with Gasteiger partial charge in [0.05, 0.1) is 0 Å². The Morgan fingerprint density at radius 3 is 1.71 bits per heavy atom. The Morgan fingerprint density at radius 1 is 0.452 bits per heavy atom. The zero-order valence-electron chi connectivity index (χ0n) is 22.8. The molecular formula is C39H26N2O. The van der Waals surface area contributed by atoms with Gasteiger partial charge >= 0.3 is 0 Å². The number of hydrogen-bond donors (Lipinski definition) is 0. The maximum absolute atomic E-state index is 6.55. The summed E-state index contributed by atoms with van der Waals surface area (Å²) < 4.78 is 6.55. The highest BCUT2D eigenvalue weighted by Crippen LogP contribution is 2.40. The zero-order valence-corrected chi connectivity index (χ0v) is 22.8. The van der Waals surface area contributed by atoms with E-state index in [1.807, 2.05) is 18.3 Å². The van der Waals surface area contributed by atoms with Crippen LogP contribution in [0.2, 0.25) is 0 Å². The Morgan fingerprint density at radius 2 is 1.05 bits per heavy atom. The lowest BCUT2D eigenvalue weighted by Gasteiger charge is -2.25. The number of hydrogen-bond acceptors (Lipinski definition) is 3. The van der Waals surface area contributed by atoms with Gasteiger partial charge < -0.3 is 4.42 Å². The second-order valence-electron chi connectivity index (χ2n) is 10.5. The normalized spacial score (nSPS) is 11.3. The smallest absolute Gasteiger partial charge is 0.143 e. The number of benzene rings is 6. The molecular weight excluding hydrogens is 512 g/mol. The first-order valence-corrected chi connectivity index (χ1v) is 14.1. The number of nitrogens with zero attached hydrogens (tertiary/aromatic N) is 2. The Balaban J connectivity index is 1.33. The minimum atomic E-state index is 0.793. The second-order valence-corrected chi connectivity index (χ2v) is 10.5. The standard InChI is InChI=1S/C39H26N2O/c1-3-11-27(12-4-1)30-16-9-18-32(23-30)41(33-19-10-17-31(24-33)28-13-5-2-6-14-28)38-25-37-36(26-40-38)35-22-21-29-15-7-8-20-34(29)39(35)42-37/h1-26H. The highest BCUT2D eigenvalue weighted by Gasteiger charge is 2.18. The molecule has 8 aromatic rings. The average molecular weight is 539 g/mol. The average Bonchev–Trinajstić information content (AvgIpc) is 3.45. The van der Waals surface area contributed by atoms with Crippen LogP contribution in [0.25, 0.3) is 55.0 Å². The van der Waals surface area contributed by atoms with Gasteiger partial charge in [-0.05, 0) is 58.0 Å². The monoisotopic (exact) mass is 538 g/mol. The summed E-state index contributed by atoms with van der Waals surface area (Å²) in [4.78, 5) is 7.25. The minimum Gasteiger partial charge on any atom is -0.455 e. The molecule has 0 fully saturated rings. The molecule has 0 aliphatic rings. The van der Waals surface area contributed by atoms with Crippen LogP contribution in [0.4, 0.5) is 17.2 Å². The largest absolute Gasteiger partial charge is 0.455 e. The summed E-state index contributed by atoms with van der Waals surface area (Å²) in [6, 6.07) is 52.9. The van der Waals surface area contributed by atoms with Crippen molar-refractivity contribution in [1.29, 1.82) is 0 Å². The third-order valence-corrected chi connectivity index (χ3v) is 7.89. The molecule has 0 aliphatic carbocycles. The van der Waals surface area contributed by atoms with Crippen molar-refractivity contribution in [2.45, 2.75) is 0 Å². The zero-order chi connectivity index (χ0) is 27.9. The maximum Gasteiger partial charge on any atom is 0.143 e. The van der Waals surface area contributed by atoms with E-state index in [2.05, 4.69) is 144 Å². The molecule has 0 unspecified atom stereocenters. The van der Waals surface area contributed by atoms with Crippen LogP contribution in [0, 0.1) is 0 Å². The van der Waals surface area contributed by atoms with Crippen molar-refractivity contribution < 1.29 is 4.42 Å². The van der Waals surface area contributed by atoms with E-state index in [9.17, 15) is 0 Å². The van der Waals surface area contributed by atoms with Crippen molar-refractivity contribution >= 4 is 49.9 Å². The van der Waals surface area contributed by atoms with Gasteiger partial charge in [-0.2, -0.15) is 0 Å². The molecule has 0 saturated heterocycles. The highest BCUT2D eigenvalue weighted by atomic mass is 16.3. The van der Waals surface area contributed by atoms with E-state index in [0.29, 0.717) is 0 Å². The number of aromatic nitrogens is 1. The molecule has 6 aromatic carbocycles. The SMILES string of the molecule is c1ccc(-c2cccc(N(c3cccc(-c4ccccc4)c3)c3cc4oc5c6ccccc6ccc5c4cn3)c2)cc1. The van der Waals surface area contributed by atoms with Crippen LogP contribution in [0.15, 0.2) is 162 Å². The molecule has 0 amide bonds. The molecule has 42 heavy (non-hydrogen) atoms.